The Labute approximate surface area is 111 Å². The molecule has 1 N–H and O–H groups in total. The Morgan fingerprint density at radius 2 is 2.00 bits per heavy atom. The van der Waals surface area contributed by atoms with E-state index >= 15 is 0 Å². The highest BCUT2D eigenvalue weighted by atomic mass is 16.4. The predicted octanol–water partition coefficient (Wildman–Crippen LogP) is 2.49. The lowest BCUT2D eigenvalue weighted by Gasteiger charge is -2.16. The first kappa shape index (κ1) is 13.1. The van der Waals surface area contributed by atoms with E-state index in [0.717, 1.165) is 11.4 Å². The maximum Gasteiger partial charge on any atom is 0.320 e. The molecular weight excluding hydrogens is 244 g/mol. The number of amides is 1. The summed E-state index contributed by atoms with van der Waals surface area (Å²) in [4.78, 5) is 13.2. The largest absolute Gasteiger partial charge is 0.408 e. The summed E-state index contributed by atoms with van der Waals surface area (Å²) < 4.78 is 5.22. The second kappa shape index (κ2) is 5.51. The average Bonchev–Trinajstić information content (AvgIpc) is 2.83. The molecule has 0 aliphatic rings. The van der Waals surface area contributed by atoms with Gasteiger partial charge in [0.1, 0.15) is 0 Å². The average molecular weight is 260 g/mol. The van der Waals surface area contributed by atoms with Crippen molar-refractivity contribution in [2.45, 2.75) is 20.3 Å². The topological polar surface area (TPSA) is 71.3 Å². The fraction of sp³-hybridized carbons (Fsp3) is 0.308. The molecule has 0 atom stereocenters. The Bertz CT molecular complexity index is 562. The van der Waals surface area contributed by atoms with E-state index in [0.29, 0.717) is 18.3 Å². The molecule has 100 valence electrons. The molecule has 0 aliphatic carbocycles. The highest BCUT2D eigenvalue weighted by molar-refractivity contribution is 5.92. The highest BCUT2D eigenvalue weighted by Gasteiger charge is 2.08. The third-order valence-corrected chi connectivity index (χ3v) is 2.71. The van der Waals surface area contributed by atoms with Gasteiger partial charge in [0.2, 0.25) is 11.8 Å². The molecule has 0 aliphatic heterocycles. The molecule has 19 heavy (non-hydrogen) atoms. The van der Waals surface area contributed by atoms with Crippen molar-refractivity contribution in [3.63, 3.8) is 0 Å². The normalized spacial score (nSPS) is 10.3. The summed E-state index contributed by atoms with van der Waals surface area (Å²) in [5, 5.41) is 10.6. The summed E-state index contributed by atoms with van der Waals surface area (Å²) >= 11 is 0. The quantitative estimate of drug-likeness (QED) is 0.914. The molecule has 0 saturated heterocycles. The molecule has 1 aromatic heterocycles. The van der Waals surface area contributed by atoms with Crippen molar-refractivity contribution in [2.24, 2.45) is 0 Å². The van der Waals surface area contributed by atoms with Gasteiger partial charge in [-0.3, -0.25) is 4.79 Å². The van der Waals surface area contributed by atoms with Crippen LogP contribution in [0.3, 0.4) is 0 Å². The molecule has 1 aromatic carbocycles. The molecule has 0 spiro atoms. The lowest BCUT2D eigenvalue weighted by atomic mass is 10.2. The van der Waals surface area contributed by atoms with Crippen LogP contribution in [0.25, 0.3) is 0 Å². The van der Waals surface area contributed by atoms with Gasteiger partial charge < -0.3 is 14.6 Å². The van der Waals surface area contributed by atoms with Crippen LogP contribution in [0.2, 0.25) is 0 Å². The van der Waals surface area contributed by atoms with Crippen LogP contribution in [0.5, 0.6) is 0 Å². The van der Waals surface area contributed by atoms with Crippen molar-refractivity contribution >= 4 is 23.3 Å². The maximum absolute atomic E-state index is 11.6. The first-order valence-electron chi connectivity index (χ1n) is 6.04. The van der Waals surface area contributed by atoms with Crippen molar-refractivity contribution in [1.82, 2.24) is 10.2 Å². The van der Waals surface area contributed by atoms with Crippen LogP contribution in [0.15, 0.2) is 28.7 Å². The molecule has 0 radical (unpaired) electrons. The Balaban J connectivity index is 2.08. The molecule has 0 bridgehead atoms. The third kappa shape index (κ3) is 3.09. The Kier molecular flexibility index (Phi) is 3.79. The second-order valence-electron chi connectivity index (χ2n) is 4.10. The molecule has 0 fully saturated rings. The molecular formula is C13H16N4O2. The second-order valence-corrected chi connectivity index (χ2v) is 4.10. The number of carbonyl (C=O) groups is 1. The lowest BCUT2D eigenvalue weighted by Crippen LogP contribution is -2.24. The molecule has 6 nitrogen and oxygen atoms in total. The van der Waals surface area contributed by atoms with Crippen LogP contribution < -0.4 is 10.2 Å². The number of anilines is 3. The van der Waals surface area contributed by atoms with Crippen LogP contribution in [0.1, 0.15) is 19.2 Å². The van der Waals surface area contributed by atoms with Gasteiger partial charge in [-0.1, -0.05) is 12.0 Å². The molecule has 1 heterocycles. The Hall–Kier alpha value is -2.37. The van der Waals surface area contributed by atoms with Gasteiger partial charge in [0.05, 0.1) is 0 Å². The molecule has 6 heteroatoms. The van der Waals surface area contributed by atoms with E-state index in [-0.39, 0.29) is 5.91 Å². The third-order valence-electron chi connectivity index (χ3n) is 2.71. The summed E-state index contributed by atoms with van der Waals surface area (Å²) in [6.45, 7) is 3.57. The fourth-order valence-corrected chi connectivity index (χ4v) is 1.62. The highest BCUT2D eigenvalue weighted by Crippen LogP contribution is 2.20. The lowest BCUT2D eigenvalue weighted by molar-refractivity contribution is -0.118. The van der Waals surface area contributed by atoms with Gasteiger partial charge in [-0.05, 0) is 24.3 Å². The predicted molar refractivity (Wildman–Crippen MR) is 72.5 cm³/mol. The number of rotatable bonds is 4. The number of benzene rings is 1. The monoisotopic (exact) mass is 260 g/mol. The zero-order valence-electron chi connectivity index (χ0n) is 11.2. The van der Waals surface area contributed by atoms with Gasteiger partial charge in [0.25, 0.3) is 0 Å². The van der Waals surface area contributed by atoms with Crippen molar-refractivity contribution in [2.75, 3.05) is 17.3 Å². The number of hydrogen-bond acceptors (Lipinski definition) is 5. The molecule has 0 saturated carbocycles. The van der Waals surface area contributed by atoms with Crippen molar-refractivity contribution in [3.8, 4) is 0 Å². The van der Waals surface area contributed by atoms with Crippen LogP contribution in [0, 0.1) is 6.92 Å². The van der Waals surface area contributed by atoms with E-state index in [4.69, 9.17) is 4.42 Å². The smallest absolute Gasteiger partial charge is 0.320 e. The minimum atomic E-state index is 0.0771. The van der Waals surface area contributed by atoms with E-state index in [1.165, 1.54) is 0 Å². The zero-order chi connectivity index (χ0) is 13.8. The number of aromatic nitrogens is 2. The first-order valence-corrected chi connectivity index (χ1v) is 6.04. The molecule has 2 rings (SSSR count). The van der Waals surface area contributed by atoms with Gasteiger partial charge >= 0.3 is 6.01 Å². The summed E-state index contributed by atoms with van der Waals surface area (Å²) in [5.41, 5.74) is 1.67. The fourth-order valence-electron chi connectivity index (χ4n) is 1.62. The first-order chi connectivity index (χ1) is 9.10. The van der Waals surface area contributed by atoms with Gasteiger partial charge in [-0.25, -0.2) is 0 Å². The summed E-state index contributed by atoms with van der Waals surface area (Å²) in [6.07, 6.45) is 0.484. The van der Waals surface area contributed by atoms with E-state index in [9.17, 15) is 4.79 Å². The number of aryl methyl sites for hydroxylation is 1. The van der Waals surface area contributed by atoms with Crippen molar-refractivity contribution < 1.29 is 9.21 Å². The van der Waals surface area contributed by atoms with Gasteiger partial charge in [-0.2, -0.15) is 0 Å². The Morgan fingerprint density at radius 3 is 2.53 bits per heavy atom. The number of carbonyl (C=O) groups excluding carboxylic acids is 1. The van der Waals surface area contributed by atoms with E-state index in [2.05, 4.69) is 15.5 Å². The van der Waals surface area contributed by atoms with Crippen molar-refractivity contribution in [1.29, 1.82) is 0 Å². The van der Waals surface area contributed by atoms with Crippen LogP contribution in [-0.2, 0) is 4.79 Å². The Morgan fingerprint density at radius 1 is 1.32 bits per heavy atom. The minimum Gasteiger partial charge on any atom is -0.408 e. The van der Waals surface area contributed by atoms with Gasteiger partial charge in [-0.15, -0.1) is 5.10 Å². The minimum absolute atomic E-state index is 0.0771. The number of hydrogen-bond donors (Lipinski definition) is 1. The van der Waals surface area contributed by atoms with Gasteiger partial charge in [0.15, 0.2) is 0 Å². The molecule has 1 amide bonds. The summed E-state index contributed by atoms with van der Waals surface area (Å²) in [7, 11) is 1.76. The van der Waals surface area contributed by atoms with E-state index < -0.39 is 0 Å². The molecule has 2 aromatic rings. The van der Waals surface area contributed by atoms with E-state index in [1.807, 2.05) is 31.2 Å². The van der Waals surface area contributed by atoms with Crippen LogP contribution >= 0.6 is 0 Å². The number of nitrogens with zero attached hydrogens (tertiary/aromatic N) is 3. The zero-order valence-corrected chi connectivity index (χ0v) is 11.2. The maximum atomic E-state index is 11.6. The summed E-state index contributed by atoms with van der Waals surface area (Å²) in [5.74, 6) is 0.584. The molecule has 0 unspecified atom stereocenters. The SMILES string of the molecule is CCC(=O)N(C)c1ccc(Nc2nnc(C)o2)cc1. The number of nitrogens with one attached hydrogen (secondary N) is 1. The van der Waals surface area contributed by atoms with Crippen molar-refractivity contribution in [3.05, 3.63) is 30.2 Å². The van der Waals surface area contributed by atoms with Crippen LogP contribution in [-0.4, -0.2) is 23.2 Å². The summed E-state index contributed by atoms with van der Waals surface area (Å²) in [6, 6.07) is 7.78. The van der Waals surface area contributed by atoms with E-state index in [1.54, 1.807) is 18.9 Å². The van der Waals surface area contributed by atoms with Crippen LogP contribution in [0.4, 0.5) is 17.4 Å². The van der Waals surface area contributed by atoms with Gasteiger partial charge in [0, 0.05) is 31.8 Å². The standard InChI is InChI=1S/C13H16N4O2/c1-4-12(18)17(3)11-7-5-10(6-8-11)14-13-16-15-9(2)19-13/h5-8H,4H2,1-3H3,(H,14,16).